The summed E-state index contributed by atoms with van der Waals surface area (Å²) in [7, 11) is 1.68. The molecule has 2 rings (SSSR count). The zero-order valence-electron chi connectivity index (χ0n) is 15.5. The molecule has 1 aliphatic heterocycles. The van der Waals surface area contributed by atoms with Crippen molar-refractivity contribution in [3.05, 3.63) is 29.8 Å². The van der Waals surface area contributed by atoms with E-state index in [0.717, 1.165) is 38.0 Å². The van der Waals surface area contributed by atoms with Gasteiger partial charge in [0.1, 0.15) is 5.75 Å². The van der Waals surface area contributed by atoms with E-state index in [1.807, 2.05) is 6.07 Å². The van der Waals surface area contributed by atoms with Gasteiger partial charge in [-0.2, -0.15) is 8.78 Å². The highest BCUT2D eigenvalue weighted by atomic mass is 127. The Morgan fingerprint density at radius 3 is 2.93 bits per heavy atom. The lowest BCUT2D eigenvalue weighted by atomic mass is 10.2. The van der Waals surface area contributed by atoms with E-state index in [1.165, 1.54) is 6.07 Å². The largest absolute Gasteiger partial charge is 0.435 e. The Balaban J connectivity index is 0.00000364. The van der Waals surface area contributed by atoms with Gasteiger partial charge in [-0.05, 0) is 37.0 Å². The van der Waals surface area contributed by atoms with E-state index in [9.17, 15) is 8.78 Å². The van der Waals surface area contributed by atoms with Crippen LogP contribution in [0.25, 0.3) is 0 Å². The molecular weight excluding hydrogens is 471 g/mol. The molecule has 1 unspecified atom stereocenters. The van der Waals surface area contributed by atoms with Gasteiger partial charge in [0.2, 0.25) is 0 Å². The van der Waals surface area contributed by atoms with E-state index < -0.39 is 6.61 Å². The molecule has 27 heavy (non-hydrogen) atoms. The van der Waals surface area contributed by atoms with Gasteiger partial charge < -0.3 is 24.8 Å². The molecule has 6 nitrogen and oxygen atoms in total. The van der Waals surface area contributed by atoms with Crippen LogP contribution in [0.15, 0.2) is 29.3 Å². The molecule has 0 aromatic heterocycles. The third kappa shape index (κ3) is 10.1. The predicted octanol–water partition coefficient (Wildman–Crippen LogP) is 3.16. The molecule has 0 bridgehead atoms. The lowest BCUT2D eigenvalue weighted by Crippen LogP contribution is -2.37. The summed E-state index contributed by atoms with van der Waals surface area (Å²) in [6.07, 6.45) is 3.31. The van der Waals surface area contributed by atoms with Crippen molar-refractivity contribution < 1.29 is 23.0 Å². The highest BCUT2D eigenvalue weighted by Crippen LogP contribution is 2.15. The first-order valence-electron chi connectivity index (χ1n) is 8.85. The zero-order valence-corrected chi connectivity index (χ0v) is 17.8. The topological polar surface area (TPSA) is 64.1 Å². The standard InChI is InChI=1S/C18H27F2N3O3.HI/c1-21-18(22-8-4-9-24-13-16-7-3-10-25-16)23-12-14-5-2-6-15(11-14)26-17(19)20;/h2,5-6,11,16-17H,3-4,7-10,12-13H2,1H3,(H2,21,22,23);1H. The van der Waals surface area contributed by atoms with Crippen molar-refractivity contribution in [3.8, 4) is 5.75 Å². The fourth-order valence-electron chi connectivity index (χ4n) is 2.61. The van der Waals surface area contributed by atoms with E-state index in [2.05, 4.69) is 20.4 Å². The van der Waals surface area contributed by atoms with Crippen LogP contribution in [0.1, 0.15) is 24.8 Å². The van der Waals surface area contributed by atoms with Gasteiger partial charge in [-0.3, -0.25) is 4.99 Å². The Labute approximate surface area is 176 Å². The van der Waals surface area contributed by atoms with Gasteiger partial charge in [-0.1, -0.05) is 12.1 Å². The van der Waals surface area contributed by atoms with E-state index in [1.54, 1.807) is 19.2 Å². The molecule has 1 aliphatic rings. The molecule has 1 aromatic carbocycles. The summed E-state index contributed by atoms with van der Waals surface area (Å²) in [5.74, 6) is 0.787. The normalized spacial score (nSPS) is 16.9. The molecule has 0 radical (unpaired) electrons. The number of nitrogens with zero attached hydrogens (tertiary/aromatic N) is 1. The number of guanidine groups is 1. The summed E-state index contributed by atoms with van der Waals surface area (Å²) in [5, 5.41) is 6.33. The van der Waals surface area contributed by atoms with Gasteiger partial charge in [0, 0.05) is 33.4 Å². The Kier molecular flexibility index (Phi) is 12.3. The molecule has 1 fully saturated rings. The maximum atomic E-state index is 12.3. The van der Waals surface area contributed by atoms with Gasteiger partial charge >= 0.3 is 6.61 Å². The molecule has 0 aliphatic carbocycles. The Bertz CT molecular complexity index is 558. The van der Waals surface area contributed by atoms with Crippen molar-refractivity contribution in [1.29, 1.82) is 0 Å². The van der Waals surface area contributed by atoms with Crippen LogP contribution in [0.5, 0.6) is 5.75 Å². The van der Waals surface area contributed by atoms with Crippen molar-refractivity contribution in [1.82, 2.24) is 10.6 Å². The molecule has 1 aromatic rings. The SMILES string of the molecule is CN=C(NCCCOCC1CCCO1)NCc1cccc(OC(F)F)c1.I. The maximum absolute atomic E-state index is 12.3. The number of rotatable bonds is 10. The highest BCUT2D eigenvalue weighted by Gasteiger charge is 2.14. The summed E-state index contributed by atoms with van der Waals surface area (Å²) in [5.41, 5.74) is 0.825. The lowest BCUT2D eigenvalue weighted by Gasteiger charge is -2.13. The average molecular weight is 499 g/mol. The van der Waals surface area contributed by atoms with Crippen LogP contribution in [0.4, 0.5) is 8.78 Å². The van der Waals surface area contributed by atoms with Crippen molar-refractivity contribution in [2.24, 2.45) is 4.99 Å². The second-order valence-corrected chi connectivity index (χ2v) is 5.94. The van der Waals surface area contributed by atoms with Crippen molar-refractivity contribution in [2.75, 3.05) is 33.4 Å². The molecule has 154 valence electrons. The first kappa shape index (κ1) is 23.8. The van der Waals surface area contributed by atoms with E-state index in [4.69, 9.17) is 9.47 Å². The first-order valence-corrected chi connectivity index (χ1v) is 8.85. The molecular formula is C18H28F2IN3O3. The van der Waals surface area contributed by atoms with Gasteiger partial charge in [0.05, 0.1) is 12.7 Å². The molecule has 1 heterocycles. The van der Waals surface area contributed by atoms with Gasteiger partial charge in [-0.25, -0.2) is 0 Å². The average Bonchev–Trinajstić information content (AvgIpc) is 3.13. The van der Waals surface area contributed by atoms with E-state index in [0.29, 0.717) is 25.7 Å². The Morgan fingerprint density at radius 1 is 1.37 bits per heavy atom. The number of alkyl halides is 2. The molecule has 2 N–H and O–H groups in total. The number of aliphatic imine (C=N–C) groups is 1. The number of halogens is 3. The van der Waals surface area contributed by atoms with Crippen molar-refractivity contribution in [2.45, 2.75) is 38.5 Å². The third-order valence-electron chi connectivity index (χ3n) is 3.89. The van der Waals surface area contributed by atoms with Crippen LogP contribution in [0.3, 0.4) is 0 Å². The smallest absolute Gasteiger partial charge is 0.387 e. The summed E-state index contributed by atoms with van der Waals surface area (Å²) in [6.45, 7) is 0.514. The highest BCUT2D eigenvalue weighted by molar-refractivity contribution is 14.0. The van der Waals surface area contributed by atoms with Crippen molar-refractivity contribution >= 4 is 29.9 Å². The lowest BCUT2D eigenvalue weighted by molar-refractivity contribution is -0.0498. The first-order chi connectivity index (χ1) is 12.7. The Hall–Kier alpha value is -1.20. The summed E-state index contributed by atoms with van der Waals surface area (Å²) in [6, 6.07) is 6.58. The number of benzene rings is 1. The minimum Gasteiger partial charge on any atom is -0.435 e. The van der Waals surface area contributed by atoms with Crippen LogP contribution in [-0.2, 0) is 16.0 Å². The predicted molar refractivity (Wildman–Crippen MR) is 111 cm³/mol. The molecule has 9 heteroatoms. The van der Waals surface area contributed by atoms with Crippen LogP contribution in [0, 0.1) is 0 Å². The maximum Gasteiger partial charge on any atom is 0.387 e. The zero-order chi connectivity index (χ0) is 18.6. The number of ether oxygens (including phenoxy) is 3. The quantitative estimate of drug-likeness (QED) is 0.224. The third-order valence-corrected chi connectivity index (χ3v) is 3.89. The molecule has 0 saturated carbocycles. The second-order valence-electron chi connectivity index (χ2n) is 5.94. The van der Waals surface area contributed by atoms with Crippen LogP contribution in [0.2, 0.25) is 0 Å². The van der Waals surface area contributed by atoms with Crippen LogP contribution < -0.4 is 15.4 Å². The van der Waals surface area contributed by atoms with E-state index >= 15 is 0 Å². The number of hydrogen-bond acceptors (Lipinski definition) is 4. The van der Waals surface area contributed by atoms with Crippen LogP contribution >= 0.6 is 24.0 Å². The summed E-state index contributed by atoms with van der Waals surface area (Å²) >= 11 is 0. The summed E-state index contributed by atoms with van der Waals surface area (Å²) < 4.78 is 40.0. The molecule has 1 atom stereocenters. The molecule has 0 spiro atoms. The monoisotopic (exact) mass is 499 g/mol. The van der Waals surface area contributed by atoms with Gasteiger partial charge in [0.25, 0.3) is 0 Å². The minimum atomic E-state index is -2.82. The molecule has 0 amide bonds. The van der Waals surface area contributed by atoms with Gasteiger partial charge in [0.15, 0.2) is 5.96 Å². The summed E-state index contributed by atoms with van der Waals surface area (Å²) in [4.78, 5) is 4.14. The fourth-order valence-corrected chi connectivity index (χ4v) is 2.61. The van der Waals surface area contributed by atoms with Gasteiger partial charge in [-0.15, -0.1) is 24.0 Å². The van der Waals surface area contributed by atoms with E-state index in [-0.39, 0.29) is 35.8 Å². The van der Waals surface area contributed by atoms with Crippen molar-refractivity contribution in [3.63, 3.8) is 0 Å². The number of hydrogen-bond donors (Lipinski definition) is 2. The fraction of sp³-hybridized carbons (Fsp3) is 0.611. The molecule has 1 saturated heterocycles. The number of nitrogens with one attached hydrogen (secondary N) is 2. The Morgan fingerprint density at radius 2 is 2.22 bits per heavy atom. The minimum absolute atomic E-state index is 0. The second kappa shape index (κ2) is 13.9. The van der Waals surface area contributed by atoms with Crippen LogP contribution in [-0.4, -0.2) is 52.1 Å².